The highest BCUT2D eigenvalue weighted by atomic mass is 16.5. The molecule has 2 aromatic heterocycles. The molecule has 1 amide bonds. The number of amides is 1. The molecular weight excluding hydrogens is 348 g/mol. The van der Waals surface area contributed by atoms with Crippen LogP contribution in [0, 0.1) is 0 Å². The van der Waals surface area contributed by atoms with E-state index in [0.717, 1.165) is 17.9 Å². The van der Waals surface area contributed by atoms with Crippen LogP contribution < -0.4 is 10.6 Å². The van der Waals surface area contributed by atoms with Gasteiger partial charge in [-0.05, 0) is 18.2 Å². The molecule has 9 nitrogen and oxygen atoms in total. The zero-order valence-corrected chi connectivity index (χ0v) is 15.3. The summed E-state index contributed by atoms with van der Waals surface area (Å²) in [4.78, 5) is 26.8. The molecule has 2 aromatic rings. The molecule has 0 radical (unpaired) electrons. The molecule has 0 aliphatic carbocycles. The van der Waals surface area contributed by atoms with Gasteiger partial charge in [0.25, 0.3) is 0 Å². The van der Waals surface area contributed by atoms with Gasteiger partial charge in [-0.25, -0.2) is 9.97 Å². The van der Waals surface area contributed by atoms with E-state index in [-0.39, 0.29) is 12.0 Å². The van der Waals surface area contributed by atoms with Gasteiger partial charge in [0.2, 0.25) is 11.9 Å². The standard InChI is InChI=1S/C18H24N6O3/c1-26-9-7-19-17(25)13-24-8-10-27-16(12-24)15-4-3-14(11-22-15)23-18-20-5-2-6-21-18/h2-6,11,16H,7-10,12-13H2,1H3,(H,19,25)(H,20,21,23). The Labute approximate surface area is 158 Å². The van der Waals surface area contributed by atoms with Gasteiger partial charge in [-0.15, -0.1) is 0 Å². The first-order valence-corrected chi connectivity index (χ1v) is 8.84. The summed E-state index contributed by atoms with van der Waals surface area (Å²) in [6.07, 6.45) is 4.92. The lowest BCUT2D eigenvalue weighted by Crippen LogP contribution is -2.44. The van der Waals surface area contributed by atoms with Crippen LogP contribution in [0.2, 0.25) is 0 Å². The number of morpholine rings is 1. The van der Waals surface area contributed by atoms with Crippen molar-refractivity contribution in [1.82, 2.24) is 25.2 Å². The van der Waals surface area contributed by atoms with E-state index in [2.05, 4.69) is 30.5 Å². The number of aromatic nitrogens is 3. The lowest BCUT2D eigenvalue weighted by molar-refractivity contribution is -0.124. The second-order valence-electron chi connectivity index (χ2n) is 6.11. The van der Waals surface area contributed by atoms with Gasteiger partial charge in [-0.2, -0.15) is 0 Å². The first-order valence-electron chi connectivity index (χ1n) is 8.84. The number of methoxy groups -OCH3 is 1. The van der Waals surface area contributed by atoms with Crippen LogP contribution in [-0.2, 0) is 14.3 Å². The summed E-state index contributed by atoms with van der Waals surface area (Å²) in [5.41, 5.74) is 1.63. The smallest absolute Gasteiger partial charge is 0.234 e. The largest absolute Gasteiger partial charge is 0.383 e. The summed E-state index contributed by atoms with van der Waals surface area (Å²) in [6, 6.07) is 5.59. The van der Waals surface area contributed by atoms with Gasteiger partial charge < -0.3 is 20.1 Å². The third kappa shape index (κ3) is 5.95. The monoisotopic (exact) mass is 372 g/mol. The number of nitrogens with one attached hydrogen (secondary N) is 2. The fraction of sp³-hybridized carbons (Fsp3) is 0.444. The van der Waals surface area contributed by atoms with Crippen molar-refractivity contribution in [3.05, 3.63) is 42.5 Å². The molecule has 1 fully saturated rings. The van der Waals surface area contributed by atoms with Crippen molar-refractivity contribution in [2.24, 2.45) is 0 Å². The number of hydrogen-bond donors (Lipinski definition) is 2. The maximum atomic E-state index is 12.0. The molecule has 9 heteroatoms. The summed E-state index contributed by atoms with van der Waals surface area (Å²) in [7, 11) is 1.61. The van der Waals surface area contributed by atoms with Crippen LogP contribution in [0.25, 0.3) is 0 Å². The molecule has 27 heavy (non-hydrogen) atoms. The van der Waals surface area contributed by atoms with Crippen LogP contribution in [0.4, 0.5) is 11.6 Å². The molecule has 144 valence electrons. The highest BCUT2D eigenvalue weighted by Crippen LogP contribution is 2.22. The second kappa shape index (κ2) is 9.91. The van der Waals surface area contributed by atoms with Crippen molar-refractivity contribution >= 4 is 17.5 Å². The summed E-state index contributed by atoms with van der Waals surface area (Å²) < 4.78 is 10.8. The number of nitrogens with zero attached hydrogens (tertiary/aromatic N) is 4. The van der Waals surface area contributed by atoms with E-state index in [0.29, 0.717) is 38.8 Å². The number of carbonyl (C=O) groups excluding carboxylic acids is 1. The van der Waals surface area contributed by atoms with Gasteiger partial charge in [0.1, 0.15) is 6.10 Å². The Bertz CT molecular complexity index is 713. The highest BCUT2D eigenvalue weighted by molar-refractivity contribution is 5.78. The predicted molar refractivity (Wildman–Crippen MR) is 99.6 cm³/mol. The average Bonchev–Trinajstić information content (AvgIpc) is 2.70. The lowest BCUT2D eigenvalue weighted by atomic mass is 10.2. The maximum absolute atomic E-state index is 12.0. The Morgan fingerprint density at radius 2 is 2.19 bits per heavy atom. The van der Waals surface area contributed by atoms with Crippen molar-refractivity contribution in [2.45, 2.75) is 6.10 Å². The van der Waals surface area contributed by atoms with Crippen molar-refractivity contribution in [3.8, 4) is 0 Å². The molecule has 1 aliphatic heterocycles. The van der Waals surface area contributed by atoms with Crippen LogP contribution in [0.1, 0.15) is 11.8 Å². The molecule has 3 heterocycles. The molecule has 1 aliphatic rings. The van der Waals surface area contributed by atoms with Gasteiger partial charge in [0, 0.05) is 39.1 Å². The molecule has 1 unspecified atom stereocenters. The van der Waals surface area contributed by atoms with Gasteiger partial charge in [-0.1, -0.05) is 0 Å². The zero-order valence-electron chi connectivity index (χ0n) is 15.3. The third-order valence-electron chi connectivity index (χ3n) is 4.08. The number of rotatable bonds is 8. The quantitative estimate of drug-likeness (QED) is 0.655. The summed E-state index contributed by atoms with van der Waals surface area (Å²) in [5, 5.41) is 5.93. The average molecular weight is 372 g/mol. The number of hydrogen-bond acceptors (Lipinski definition) is 8. The van der Waals surface area contributed by atoms with E-state index in [1.165, 1.54) is 0 Å². The minimum absolute atomic E-state index is 0.0110. The molecule has 0 spiro atoms. The molecular formula is C18H24N6O3. The minimum atomic E-state index is -0.160. The topological polar surface area (TPSA) is 102 Å². The van der Waals surface area contributed by atoms with E-state index in [9.17, 15) is 4.79 Å². The first kappa shape index (κ1) is 19.2. The van der Waals surface area contributed by atoms with E-state index in [1.807, 2.05) is 12.1 Å². The van der Waals surface area contributed by atoms with Gasteiger partial charge in [0.05, 0.1) is 37.3 Å². The third-order valence-corrected chi connectivity index (χ3v) is 4.08. The number of anilines is 2. The van der Waals surface area contributed by atoms with E-state index >= 15 is 0 Å². The number of pyridine rings is 1. The van der Waals surface area contributed by atoms with E-state index in [1.54, 1.807) is 31.8 Å². The van der Waals surface area contributed by atoms with Crippen molar-refractivity contribution in [3.63, 3.8) is 0 Å². The second-order valence-corrected chi connectivity index (χ2v) is 6.11. The Morgan fingerprint density at radius 1 is 1.33 bits per heavy atom. The van der Waals surface area contributed by atoms with Gasteiger partial charge >= 0.3 is 0 Å². The van der Waals surface area contributed by atoms with E-state index < -0.39 is 0 Å². The van der Waals surface area contributed by atoms with Gasteiger partial charge in [-0.3, -0.25) is 14.7 Å². The Hall–Kier alpha value is -2.62. The fourth-order valence-electron chi connectivity index (χ4n) is 2.74. The number of ether oxygens (including phenoxy) is 2. The van der Waals surface area contributed by atoms with Crippen molar-refractivity contribution in [2.75, 3.05) is 51.8 Å². The highest BCUT2D eigenvalue weighted by Gasteiger charge is 2.24. The Kier molecular flexibility index (Phi) is 7.03. The van der Waals surface area contributed by atoms with Crippen molar-refractivity contribution < 1.29 is 14.3 Å². The van der Waals surface area contributed by atoms with Crippen molar-refractivity contribution in [1.29, 1.82) is 0 Å². The molecule has 1 saturated heterocycles. The van der Waals surface area contributed by atoms with Crippen LogP contribution >= 0.6 is 0 Å². The fourth-order valence-corrected chi connectivity index (χ4v) is 2.74. The SMILES string of the molecule is COCCNC(=O)CN1CCOC(c2ccc(Nc3ncccn3)cn2)C1. The molecule has 2 N–H and O–H groups in total. The normalized spacial score (nSPS) is 17.4. The zero-order chi connectivity index (χ0) is 18.9. The summed E-state index contributed by atoms with van der Waals surface area (Å²) in [6.45, 7) is 3.28. The van der Waals surface area contributed by atoms with Crippen LogP contribution in [0.15, 0.2) is 36.8 Å². The molecule has 1 atom stereocenters. The predicted octanol–water partition coefficient (Wildman–Crippen LogP) is 0.751. The number of carbonyl (C=O) groups is 1. The van der Waals surface area contributed by atoms with E-state index in [4.69, 9.17) is 9.47 Å². The van der Waals surface area contributed by atoms with Crippen LogP contribution in [0.3, 0.4) is 0 Å². The molecule has 0 saturated carbocycles. The Morgan fingerprint density at radius 3 is 2.93 bits per heavy atom. The van der Waals surface area contributed by atoms with Crippen LogP contribution in [-0.4, -0.2) is 72.3 Å². The first-order chi connectivity index (χ1) is 13.2. The summed E-state index contributed by atoms with van der Waals surface area (Å²) in [5.74, 6) is 0.509. The maximum Gasteiger partial charge on any atom is 0.234 e. The van der Waals surface area contributed by atoms with Gasteiger partial charge in [0.15, 0.2) is 0 Å². The van der Waals surface area contributed by atoms with Crippen LogP contribution in [0.5, 0.6) is 0 Å². The molecule has 0 aromatic carbocycles. The Balaban J connectivity index is 1.52. The molecule has 3 rings (SSSR count). The lowest BCUT2D eigenvalue weighted by Gasteiger charge is -2.32. The summed E-state index contributed by atoms with van der Waals surface area (Å²) >= 11 is 0. The molecule has 0 bridgehead atoms. The minimum Gasteiger partial charge on any atom is -0.383 e.